The molecule has 0 radical (unpaired) electrons. The number of nitrogens with one attached hydrogen (secondary N) is 1. The molecule has 2 N–H and O–H groups in total. The van der Waals surface area contributed by atoms with Gasteiger partial charge in [-0.05, 0) is 42.8 Å². The molecule has 0 saturated carbocycles. The molecule has 0 aliphatic heterocycles. The Morgan fingerprint density at radius 1 is 1.06 bits per heavy atom. The third kappa shape index (κ3) is 5.15. The van der Waals surface area contributed by atoms with Crippen LogP contribution in [0, 0.1) is 5.21 Å². The van der Waals surface area contributed by atoms with Crippen molar-refractivity contribution in [1.29, 1.82) is 0 Å². The lowest BCUT2D eigenvalue weighted by Crippen LogP contribution is -2.99. The SMILES string of the molecule is CCOC(=O)c1oc2cc(OC(=O)c3cccc([NH+]([O-])O)c3)ccc2c(=O)c1-c1ccc(Br)cc1. The molecular formula is C25H18BrNO8. The van der Waals surface area contributed by atoms with Crippen molar-refractivity contribution in [1.82, 2.24) is 0 Å². The maximum Gasteiger partial charge on any atom is 0.375 e. The second kappa shape index (κ2) is 10.2. The summed E-state index contributed by atoms with van der Waals surface area (Å²) >= 11 is 3.34. The predicted octanol–water partition coefficient (Wildman–Crippen LogP) is 4.02. The van der Waals surface area contributed by atoms with E-state index in [1.54, 1.807) is 31.2 Å². The highest BCUT2D eigenvalue weighted by Gasteiger charge is 2.23. The zero-order chi connectivity index (χ0) is 25.1. The fourth-order valence-electron chi connectivity index (χ4n) is 3.40. The van der Waals surface area contributed by atoms with Gasteiger partial charge in [0.1, 0.15) is 11.3 Å². The summed E-state index contributed by atoms with van der Waals surface area (Å²) in [6.45, 7) is 1.71. The van der Waals surface area contributed by atoms with Gasteiger partial charge >= 0.3 is 11.9 Å². The van der Waals surface area contributed by atoms with E-state index in [0.717, 1.165) is 4.47 Å². The summed E-state index contributed by atoms with van der Waals surface area (Å²) in [4.78, 5) is 38.5. The van der Waals surface area contributed by atoms with Crippen LogP contribution < -0.4 is 15.4 Å². The monoisotopic (exact) mass is 539 g/mol. The summed E-state index contributed by atoms with van der Waals surface area (Å²) in [5, 5.41) is 19.3. The number of halogens is 1. The van der Waals surface area contributed by atoms with Crippen LogP contribution in [-0.2, 0) is 4.74 Å². The standard InChI is InChI=1S/C25H18BrNO8/c1-2-33-25(30)23-21(14-6-8-16(26)9-7-14)22(28)19-11-10-18(13-20(19)35-23)34-24(29)15-4-3-5-17(12-15)27(31)32/h3-13,27,31H,2H2,1H3. The van der Waals surface area contributed by atoms with Crippen molar-refractivity contribution in [2.45, 2.75) is 6.92 Å². The van der Waals surface area contributed by atoms with Crippen LogP contribution in [0.3, 0.4) is 0 Å². The highest BCUT2D eigenvalue weighted by molar-refractivity contribution is 9.10. The number of esters is 2. The molecule has 0 fully saturated rings. The van der Waals surface area contributed by atoms with E-state index < -0.39 is 22.6 Å². The first kappa shape index (κ1) is 24.3. The summed E-state index contributed by atoms with van der Waals surface area (Å²) in [6.07, 6.45) is 0. The van der Waals surface area contributed by atoms with E-state index in [2.05, 4.69) is 15.9 Å². The Morgan fingerprint density at radius 2 is 1.80 bits per heavy atom. The summed E-state index contributed by atoms with van der Waals surface area (Å²) < 4.78 is 17.0. The van der Waals surface area contributed by atoms with Gasteiger partial charge in [0.15, 0.2) is 5.69 Å². The summed E-state index contributed by atoms with van der Waals surface area (Å²) in [6, 6.07) is 16.3. The van der Waals surface area contributed by atoms with Crippen LogP contribution in [0.15, 0.2) is 80.4 Å². The Hall–Kier alpha value is -3.83. The molecule has 0 aliphatic carbocycles. The average molecular weight is 540 g/mol. The van der Waals surface area contributed by atoms with Crippen molar-refractivity contribution in [2.24, 2.45) is 0 Å². The Kier molecular flexibility index (Phi) is 7.08. The molecule has 0 aliphatic rings. The Morgan fingerprint density at radius 3 is 2.49 bits per heavy atom. The quantitative estimate of drug-likeness (QED) is 0.213. The maximum atomic E-state index is 13.4. The van der Waals surface area contributed by atoms with Crippen molar-refractivity contribution >= 4 is 44.5 Å². The molecule has 1 heterocycles. The van der Waals surface area contributed by atoms with Crippen molar-refractivity contribution in [2.75, 3.05) is 6.61 Å². The first-order valence-electron chi connectivity index (χ1n) is 10.4. The van der Waals surface area contributed by atoms with E-state index >= 15 is 0 Å². The highest BCUT2D eigenvalue weighted by Crippen LogP contribution is 2.29. The Bertz CT molecular complexity index is 1480. The zero-order valence-electron chi connectivity index (χ0n) is 18.2. The van der Waals surface area contributed by atoms with Gasteiger partial charge in [-0.15, -0.1) is 0 Å². The maximum absolute atomic E-state index is 13.4. The number of benzene rings is 3. The Labute approximate surface area is 206 Å². The molecule has 1 aromatic heterocycles. The molecule has 178 valence electrons. The summed E-state index contributed by atoms with van der Waals surface area (Å²) in [5.41, 5.74) is 0.0549. The number of quaternary nitrogens is 1. The second-order valence-corrected chi connectivity index (χ2v) is 8.21. The molecule has 0 amide bonds. The van der Waals surface area contributed by atoms with Crippen LogP contribution in [0.5, 0.6) is 5.75 Å². The van der Waals surface area contributed by atoms with Gasteiger partial charge in [-0.25, -0.2) is 14.8 Å². The van der Waals surface area contributed by atoms with Crippen molar-refractivity contribution in [3.8, 4) is 16.9 Å². The van der Waals surface area contributed by atoms with Gasteiger partial charge in [-0.2, -0.15) is 5.23 Å². The first-order valence-corrected chi connectivity index (χ1v) is 11.2. The molecule has 10 heteroatoms. The zero-order valence-corrected chi connectivity index (χ0v) is 19.8. The Balaban J connectivity index is 1.77. The number of carbonyl (C=O) groups is 2. The minimum Gasteiger partial charge on any atom is -0.595 e. The molecule has 0 bridgehead atoms. The predicted molar refractivity (Wildman–Crippen MR) is 129 cm³/mol. The molecular weight excluding hydrogens is 522 g/mol. The van der Waals surface area contributed by atoms with Crippen molar-refractivity contribution < 1.29 is 33.9 Å². The minimum absolute atomic E-state index is 0.0171. The molecule has 4 rings (SSSR count). The van der Waals surface area contributed by atoms with Crippen LogP contribution in [0.4, 0.5) is 5.69 Å². The molecule has 9 nitrogen and oxygen atoms in total. The third-order valence-electron chi connectivity index (χ3n) is 5.01. The van der Waals surface area contributed by atoms with Crippen LogP contribution in [0.1, 0.15) is 27.8 Å². The fourth-order valence-corrected chi connectivity index (χ4v) is 3.67. The van der Waals surface area contributed by atoms with Crippen LogP contribution >= 0.6 is 15.9 Å². The van der Waals surface area contributed by atoms with Crippen molar-refractivity contribution in [3.05, 3.63) is 98.0 Å². The number of hydrogen-bond donors (Lipinski definition) is 2. The van der Waals surface area contributed by atoms with Gasteiger partial charge in [-0.1, -0.05) is 34.1 Å². The summed E-state index contributed by atoms with van der Waals surface area (Å²) in [5.74, 6) is -1.84. The molecule has 3 aromatic carbocycles. The van der Waals surface area contributed by atoms with Gasteiger partial charge in [0.05, 0.1) is 23.1 Å². The number of hydrogen-bond acceptors (Lipinski definition) is 8. The number of carbonyl (C=O) groups excluding carboxylic acids is 2. The van der Waals surface area contributed by atoms with Crippen LogP contribution in [0.2, 0.25) is 0 Å². The first-order chi connectivity index (χ1) is 16.8. The molecule has 0 spiro atoms. The van der Waals surface area contributed by atoms with E-state index in [-0.39, 0.29) is 45.9 Å². The van der Waals surface area contributed by atoms with E-state index in [4.69, 9.17) is 19.1 Å². The lowest BCUT2D eigenvalue weighted by molar-refractivity contribution is -0.991. The van der Waals surface area contributed by atoms with E-state index in [1.807, 2.05) is 0 Å². The van der Waals surface area contributed by atoms with E-state index in [0.29, 0.717) is 5.56 Å². The largest absolute Gasteiger partial charge is 0.595 e. The van der Waals surface area contributed by atoms with E-state index in [1.165, 1.54) is 42.5 Å². The number of fused-ring (bicyclic) bond motifs is 1. The van der Waals surface area contributed by atoms with Crippen LogP contribution in [0.25, 0.3) is 22.1 Å². The number of ether oxygens (including phenoxy) is 2. The molecule has 1 atom stereocenters. The summed E-state index contributed by atoms with van der Waals surface area (Å²) in [7, 11) is 0. The average Bonchev–Trinajstić information content (AvgIpc) is 2.84. The minimum atomic E-state index is -1.18. The van der Waals surface area contributed by atoms with Gasteiger partial charge in [-0.3, -0.25) is 4.79 Å². The van der Waals surface area contributed by atoms with Gasteiger partial charge in [0.25, 0.3) is 0 Å². The molecule has 35 heavy (non-hydrogen) atoms. The fraction of sp³-hybridized carbons (Fsp3) is 0.0800. The van der Waals surface area contributed by atoms with E-state index in [9.17, 15) is 19.6 Å². The lowest BCUT2D eigenvalue weighted by Gasteiger charge is -2.12. The number of rotatable bonds is 6. The topological polar surface area (TPSA) is 131 Å². The third-order valence-corrected chi connectivity index (χ3v) is 5.54. The normalized spacial score (nSPS) is 11.8. The molecule has 0 saturated heterocycles. The van der Waals surface area contributed by atoms with Gasteiger partial charge < -0.3 is 19.1 Å². The second-order valence-electron chi connectivity index (χ2n) is 7.30. The van der Waals surface area contributed by atoms with Gasteiger partial charge in [0, 0.05) is 22.7 Å². The molecule has 1 unspecified atom stereocenters. The smallest absolute Gasteiger partial charge is 0.375 e. The highest BCUT2D eigenvalue weighted by atomic mass is 79.9. The molecule has 4 aromatic rings. The van der Waals surface area contributed by atoms with Gasteiger partial charge in [0.2, 0.25) is 11.2 Å². The van der Waals surface area contributed by atoms with Crippen LogP contribution in [-0.4, -0.2) is 23.8 Å². The lowest BCUT2D eigenvalue weighted by atomic mass is 10.0. The van der Waals surface area contributed by atoms with Crippen molar-refractivity contribution in [3.63, 3.8) is 0 Å².